The summed E-state index contributed by atoms with van der Waals surface area (Å²) < 4.78 is 18.7. The zero-order chi connectivity index (χ0) is 15.1. The van der Waals surface area contributed by atoms with E-state index in [0.717, 1.165) is 26.1 Å². The van der Waals surface area contributed by atoms with Gasteiger partial charge in [0.15, 0.2) is 5.76 Å². The molecule has 5 nitrogen and oxygen atoms in total. The van der Waals surface area contributed by atoms with Gasteiger partial charge in [0.2, 0.25) is 0 Å². The van der Waals surface area contributed by atoms with Crippen LogP contribution in [-0.2, 0) is 0 Å². The SMILES string of the molecule is O=C(NC1CN2CC[C@H]1C2)c1ncc(-c2cccc(F)c2)o1. The van der Waals surface area contributed by atoms with Crippen molar-refractivity contribution >= 4 is 5.91 Å². The van der Waals surface area contributed by atoms with Crippen LogP contribution in [0.25, 0.3) is 11.3 Å². The van der Waals surface area contributed by atoms with Crippen LogP contribution >= 0.6 is 0 Å². The van der Waals surface area contributed by atoms with Gasteiger partial charge in [0.1, 0.15) is 5.82 Å². The van der Waals surface area contributed by atoms with Gasteiger partial charge in [-0.3, -0.25) is 4.79 Å². The summed E-state index contributed by atoms with van der Waals surface area (Å²) in [6.07, 6.45) is 2.58. The smallest absolute Gasteiger partial charge is 0.307 e. The minimum absolute atomic E-state index is 0.0250. The highest BCUT2D eigenvalue weighted by Crippen LogP contribution is 2.28. The summed E-state index contributed by atoms with van der Waals surface area (Å²) in [6.45, 7) is 3.08. The highest BCUT2D eigenvalue weighted by Gasteiger charge is 2.39. The van der Waals surface area contributed by atoms with Crippen LogP contribution in [0.2, 0.25) is 0 Å². The Kier molecular flexibility index (Phi) is 3.18. The minimum Gasteiger partial charge on any atom is -0.432 e. The molecule has 1 aromatic carbocycles. The van der Waals surface area contributed by atoms with Crippen molar-refractivity contribution in [3.8, 4) is 11.3 Å². The molecule has 3 atom stereocenters. The number of piperidine rings is 1. The summed E-state index contributed by atoms with van der Waals surface area (Å²) >= 11 is 0. The molecule has 0 spiro atoms. The van der Waals surface area contributed by atoms with Crippen molar-refractivity contribution < 1.29 is 13.6 Å². The molecule has 0 saturated carbocycles. The van der Waals surface area contributed by atoms with Crippen LogP contribution in [0.5, 0.6) is 0 Å². The highest BCUT2D eigenvalue weighted by atomic mass is 19.1. The fourth-order valence-corrected chi connectivity index (χ4v) is 3.33. The number of carbonyl (C=O) groups excluding carboxylic acids is 1. The summed E-state index contributed by atoms with van der Waals surface area (Å²) in [5, 5.41) is 2.99. The lowest BCUT2D eigenvalue weighted by molar-refractivity contribution is 0.0890. The lowest BCUT2D eigenvalue weighted by atomic mass is 10.0. The van der Waals surface area contributed by atoms with Crippen molar-refractivity contribution in [1.29, 1.82) is 0 Å². The topological polar surface area (TPSA) is 58.4 Å². The molecule has 22 heavy (non-hydrogen) atoms. The molecule has 114 valence electrons. The number of nitrogens with one attached hydrogen (secondary N) is 1. The van der Waals surface area contributed by atoms with E-state index < -0.39 is 0 Å². The number of aromatic nitrogens is 1. The van der Waals surface area contributed by atoms with Crippen molar-refractivity contribution in [2.75, 3.05) is 19.6 Å². The summed E-state index contributed by atoms with van der Waals surface area (Å²) in [4.78, 5) is 18.6. The Balaban J connectivity index is 1.48. The number of rotatable bonds is 3. The molecular formula is C16H16FN3O2. The lowest BCUT2D eigenvalue weighted by Gasteiger charge is -2.22. The van der Waals surface area contributed by atoms with Crippen LogP contribution in [0.15, 0.2) is 34.9 Å². The van der Waals surface area contributed by atoms with Crippen molar-refractivity contribution in [2.45, 2.75) is 12.5 Å². The molecule has 0 radical (unpaired) electrons. The number of oxazole rings is 1. The predicted octanol–water partition coefficient (Wildman–Crippen LogP) is 1.91. The summed E-state index contributed by atoms with van der Waals surface area (Å²) in [6, 6.07) is 6.19. The van der Waals surface area contributed by atoms with Crippen LogP contribution in [0.1, 0.15) is 17.1 Å². The van der Waals surface area contributed by atoms with E-state index in [4.69, 9.17) is 4.42 Å². The zero-order valence-corrected chi connectivity index (χ0v) is 12.0. The van der Waals surface area contributed by atoms with E-state index in [1.54, 1.807) is 12.1 Å². The average Bonchev–Trinajstić information content (AvgIpc) is 3.23. The van der Waals surface area contributed by atoms with Gasteiger partial charge in [-0.1, -0.05) is 12.1 Å². The molecular weight excluding hydrogens is 285 g/mol. The van der Waals surface area contributed by atoms with Gasteiger partial charge in [0, 0.05) is 24.7 Å². The number of hydrogen-bond acceptors (Lipinski definition) is 4. The Morgan fingerprint density at radius 3 is 3.05 bits per heavy atom. The van der Waals surface area contributed by atoms with Gasteiger partial charge in [-0.05, 0) is 31.0 Å². The monoisotopic (exact) mass is 301 g/mol. The first-order valence-electron chi connectivity index (χ1n) is 7.44. The second-order valence-corrected chi connectivity index (χ2v) is 5.93. The second-order valence-electron chi connectivity index (χ2n) is 5.93. The Labute approximate surface area is 127 Å². The summed E-state index contributed by atoms with van der Waals surface area (Å²) in [5.74, 6) is 0.289. The van der Waals surface area contributed by atoms with Crippen molar-refractivity contribution in [3.63, 3.8) is 0 Å². The van der Waals surface area contributed by atoms with Crippen LogP contribution < -0.4 is 5.32 Å². The van der Waals surface area contributed by atoms with E-state index in [-0.39, 0.29) is 23.7 Å². The van der Waals surface area contributed by atoms with Crippen LogP contribution in [0, 0.1) is 11.7 Å². The van der Waals surface area contributed by atoms with E-state index in [0.29, 0.717) is 17.2 Å². The Bertz CT molecular complexity index is 715. The molecule has 1 amide bonds. The number of benzene rings is 1. The van der Waals surface area contributed by atoms with Crippen LogP contribution in [-0.4, -0.2) is 41.5 Å². The van der Waals surface area contributed by atoms with Gasteiger partial charge >= 0.3 is 5.91 Å². The van der Waals surface area contributed by atoms with Crippen LogP contribution in [0.3, 0.4) is 0 Å². The van der Waals surface area contributed by atoms with E-state index in [1.807, 2.05) is 0 Å². The number of hydrogen-bond donors (Lipinski definition) is 1. The number of halogens is 1. The maximum atomic E-state index is 13.2. The summed E-state index contributed by atoms with van der Waals surface area (Å²) in [5.41, 5.74) is 0.567. The predicted molar refractivity (Wildman–Crippen MR) is 77.7 cm³/mol. The summed E-state index contributed by atoms with van der Waals surface area (Å²) in [7, 11) is 0. The van der Waals surface area contributed by atoms with Crippen molar-refractivity contribution in [3.05, 3.63) is 42.2 Å². The van der Waals surface area contributed by atoms with Gasteiger partial charge in [-0.15, -0.1) is 0 Å². The molecule has 4 rings (SSSR count). The maximum absolute atomic E-state index is 13.2. The maximum Gasteiger partial charge on any atom is 0.307 e. The Morgan fingerprint density at radius 1 is 1.41 bits per heavy atom. The molecule has 1 N–H and O–H groups in total. The number of fused-ring (bicyclic) bond motifs is 2. The second kappa shape index (κ2) is 5.21. The van der Waals surface area contributed by atoms with Crippen molar-refractivity contribution in [2.24, 2.45) is 5.92 Å². The third kappa shape index (κ3) is 2.39. The largest absolute Gasteiger partial charge is 0.432 e. The van der Waals surface area contributed by atoms with E-state index in [2.05, 4.69) is 15.2 Å². The fourth-order valence-electron chi connectivity index (χ4n) is 3.33. The molecule has 2 aliphatic rings. The van der Waals surface area contributed by atoms with Gasteiger partial charge in [-0.2, -0.15) is 0 Å². The van der Waals surface area contributed by atoms with Gasteiger partial charge < -0.3 is 14.6 Å². The molecule has 2 saturated heterocycles. The average molecular weight is 301 g/mol. The highest BCUT2D eigenvalue weighted by molar-refractivity contribution is 5.90. The standard InChI is InChI=1S/C16H16FN3O2/c17-12-3-1-2-10(6-12)14-7-18-16(22-14)15(21)19-13-9-20-5-4-11(13)8-20/h1-3,6-7,11,13H,4-5,8-9H2,(H,19,21)/t11-,13?/m0/s1. The van der Waals surface area contributed by atoms with Crippen molar-refractivity contribution in [1.82, 2.24) is 15.2 Å². The molecule has 2 fully saturated rings. The zero-order valence-electron chi connectivity index (χ0n) is 12.0. The van der Waals surface area contributed by atoms with Gasteiger partial charge in [0.25, 0.3) is 5.89 Å². The quantitative estimate of drug-likeness (QED) is 0.941. The first-order chi connectivity index (χ1) is 10.7. The first kappa shape index (κ1) is 13.5. The fraction of sp³-hybridized carbons (Fsp3) is 0.375. The van der Waals surface area contributed by atoms with Gasteiger partial charge in [-0.25, -0.2) is 9.37 Å². The Morgan fingerprint density at radius 2 is 2.32 bits per heavy atom. The van der Waals surface area contributed by atoms with E-state index in [9.17, 15) is 9.18 Å². The third-order valence-electron chi connectivity index (χ3n) is 4.46. The molecule has 6 heteroatoms. The lowest BCUT2D eigenvalue weighted by Crippen LogP contribution is -2.43. The number of carbonyl (C=O) groups is 1. The number of amides is 1. The molecule has 2 bridgehead atoms. The minimum atomic E-state index is -0.351. The molecule has 2 aliphatic heterocycles. The number of nitrogens with zero attached hydrogens (tertiary/aromatic N) is 2. The Hall–Kier alpha value is -2.21. The molecule has 3 heterocycles. The molecule has 0 aliphatic carbocycles. The molecule has 1 aromatic heterocycles. The van der Waals surface area contributed by atoms with E-state index >= 15 is 0 Å². The van der Waals surface area contributed by atoms with Gasteiger partial charge in [0.05, 0.1) is 6.20 Å². The molecule has 2 aromatic rings. The first-order valence-corrected chi connectivity index (χ1v) is 7.44. The molecule has 2 unspecified atom stereocenters. The van der Waals surface area contributed by atoms with Crippen LogP contribution in [0.4, 0.5) is 4.39 Å². The third-order valence-corrected chi connectivity index (χ3v) is 4.46. The van der Waals surface area contributed by atoms with E-state index in [1.165, 1.54) is 18.3 Å². The normalized spacial score (nSPS) is 26.3.